The number of nitrogens with zero attached hydrogens (tertiary/aromatic N) is 2. The molecule has 1 aliphatic rings. The van der Waals surface area contributed by atoms with Crippen LogP contribution in [0.5, 0.6) is 0 Å². The van der Waals surface area contributed by atoms with Crippen LogP contribution in [0.2, 0.25) is 0 Å². The van der Waals surface area contributed by atoms with Crippen molar-refractivity contribution in [3.8, 4) is 0 Å². The average Bonchev–Trinajstić information content (AvgIpc) is 2.69. The lowest BCUT2D eigenvalue weighted by Gasteiger charge is -2.33. The van der Waals surface area contributed by atoms with Gasteiger partial charge in [-0.1, -0.05) is 17.7 Å². The van der Waals surface area contributed by atoms with E-state index in [9.17, 15) is 9.59 Å². The number of anilines is 2. The van der Waals surface area contributed by atoms with Gasteiger partial charge in [-0.15, -0.1) is 0 Å². The highest BCUT2D eigenvalue weighted by Gasteiger charge is 2.21. The van der Waals surface area contributed by atoms with Crippen LogP contribution in [-0.2, 0) is 9.59 Å². The van der Waals surface area contributed by atoms with Gasteiger partial charge in [-0.25, -0.2) is 0 Å². The predicted octanol–water partition coefficient (Wildman–Crippen LogP) is 2.36. The molecule has 1 aliphatic heterocycles. The second-order valence-corrected chi connectivity index (χ2v) is 6.67. The lowest BCUT2D eigenvalue weighted by atomic mass is 9.96. The molecule has 3 rings (SSSR count). The molecule has 6 nitrogen and oxygen atoms in total. The number of amides is 2. The predicted molar refractivity (Wildman–Crippen MR) is 102 cm³/mol. The summed E-state index contributed by atoms with van der Waals surface area (Å²) in [5.74, 6) is -0.819. The van der Waals surface area contributed by atoms with Gasteiger partial charge in [-0.05, 0) is 49.9 Å². The van der Waals surface area contributed by atoms with Gasteiger partial charge in [-0.3, -0.25) is 14.6 Å². The molecule has 0 spiro atoms. The molecule has 2 aromatic rings. The van der Waals surface area contributed by atoms with Crippen LogP contribution < -0.4 is 15.5 Å². The number of nitrogens with one attached hydrogen (secondary N) is 2. The van der Waals surface area contributed by atoms with Gasteiger partial charge in [0.05, 0.1) is 11.9 Å². The van der Waals surface area contributed by atoms with Crippen LogP contribution in [0, 0.1) is 12.8 Å². The second-order valence-electron chi connectivity index (χ2n) is 6.67. The zero-order chi connectivity index (χ0) is 18.4. The molecular formula is C20H24N4O2. The summed E-state index contributed by atoms with van der Waals surface area (Å²) in [5, 5.41) is 5.38. The Morgan fingerprint density at radius 2 is 1.85 bits per heavy atom. The van der Waals surface area contributed by atoms with E-state index in [1.54, 1.807) is 18.3 Å². The molecular weight excluding hydrogens is 328 g/mol. The number of pyridine rings is 1. The fourth-order valence-electron chi connectivity index (χ4n) is 3.08. The first kappa shape index (κ1) is 17.9. The van der Waals surface area contributed by atoms with Crippen molar-refractivity contribution in [2.75, 3.05) is 29.9 Å². The zero-order valence-corrected chi connectivity index (χ0v) is 14.9. The van der Waals surface area contributed by atoms with Crippen molar-refractivity contribution in [3.63, 3.8) is 0 Å². The molecule has 26 heavy (non-hydrogen) atoms. The summed E-state index contributed by atoms with van der Waals surface area (Å²) < 4.78 is 0. The first-order valence-electron chi connectivity index (χ1n) is 8.92. The molecule has 0 saturated carbocycles. The number of carbonyl (C=O) groups is 2. The molecule has 6 heteroatoms. The summed E-state index contributed by atoms with van der Waals surface area (Å²) >= 11 is 0. The topological polar surface area (TPSA) is 74.3 Å². The maximum Gasteiger partial charge on any atom is 0.313 e. The first-order chi connectivity index (χ1) is 12.6. The smallest absolute Gasteiger partial charge is 0.313 e. The van der Waals surface area contributed by atoms with Crippen LogP contribution in [0.3, 0.4) is 0 Å². The normalized spacial score (nSPS) is 14.7. The molecule has 1 aromatic carbocycles. The van der Waals surface area contributed by atoms with Crippen LogP contribution in [0.4, 0.5) is 11.4 Å². The summed E-state index contributed by atoms with van der Waals surface area (Å²) in [7, 11) is 0. The van der Waals surface area contributed by atoms with E-state index < -0.39 is 11.8 Å². The highest BCUT2D eigenvalue weighted by atomic mass is 16.2. The van der Waals surface area contributed by atoms with E-state index in [4.69, 9.17) is 0 Å². The van der Waals surface area contributed by atoms with E-state index in [1.165, 1.54) is 0 Å². The van der Waals surface area contributed by atoms with Gasteiger partial charge < -0.3 is 15.5 Å². The van der Waals surface area contributed by atoms with Gasteiger partial charge >= 0.3 is 11.8 Å². The molecule has 0 unspecified atom stereocenters. The Hall–Kier alpha value is -2.89. The van der Waals surface area contributed by atoms with Crippen LogP contribution in [0.15, 0.2) is 48.8 Å². The third kappa shape index (κ3) is 4.81. The Morgan fingerprint density at radius 3 is 2.50 bits per heavy atom. The van der Waals surface area contributed by atoms with E-state index in [0.29, 0.717) is 18.2 Å². The van der Waals surface area contributed by atoms with E-state index in [-0.39, 0.29) is 0 Å². The fraction of sp³-hybridized carbons (Fsp3) is 0.350. The van der Waals surface area contributed by atoms with E-state index in [1.807, 2.05) is 31.3 Å². The van der Waals surface area contributed by atoms with Crippen LogP contribution in [0.1, 0.15) is 18.4 Å². The Bertz CT molecular complexity index is 738. The molecule has 1 fully saturated rings. The van der Waals surface area contributed by atoms with Gasteiger partial charge in [0.25, 0.3) is 0 Å². The monoisotopic (exact) mass is 352 g/mol. The average molecular weight is 352 g/mol. The van der Waals surface area contributed by atoms with E-state index in [0.717, 1.165) is 37.2 Å². The van der Waals surface area contributed by atoms with Crippen molar-refractivity contribution >= 4 is 23.2 Å². The van der Waals surface area contributed by atoms with Crippen molar-refractivity contribution in [1.29, 1.82) is 0 Å². The highest BCUT2D eigenvalue weighted by molar-refractivity contribution is 6.39. The summed E-state index contributed by atoms with van der Waals surface area (Å²) in [4.78, 5) is 30.4. The molecule has 136 valence electrons. The highest BCUT2D eigenvalue weighted by Crippen LogP contribution is 2.21. The van der Waals surface area contributed by atoms with Crippen molar-refractivity contribution < 1.29 is 9.59 Å². The molecule has 0 bridgehead atoms. The minimum Gasteiger partial charge on any atom is -0.370 e. The minimum atomic E-state index is -0.623. The van der Waals surface area contributed by atoms with Gasteiger partial charge in [0, 0.05) is 31.5 Å². The van der Waals surface area contributed by atoms with Crippen molar-refractivity contribution in [2.24, 2.45) is 5.92 Å². The van der Waals surface area contributed by atoms with Crippen LogP contribution >= 0.6 is 0 Å². The Morgan fingerprint density at radius 1 is 1.12 bits per heavy atom. The Balaban J connectivity index is 1.41. The van der Waals surface area contributed by atoms with Gasteiger partial charge in [0.1, 0.15) is 0 Å². The number of piperidine rings is 1. The number of aryl methyl sites for hydroxylation is 1. The quantitative estimate of drug-likeness (QED) is 0.829. The number of rotatable bonds is 4. The zero-order valence-electron chi connectivity index (χ0n) is 14.9. The maximum absolute atomic E-state index is 12.0. The number of benzene rings is 1. The van der Waals surface area contributed by atoms with E-state index >= 15 is 0 Å². The molecule has 1 aromatic heterocycles. The van der Waals surface area contributed by atoms with Crippen molar-refractivity contribution in [2.45, 2.75) is 19.8 Å². The maximum atomic E-state index is 12.0. The Kier molecular flexibility index (Phi) is 5.84. The lowest BCUT2D eigenvalue weighted by molar-refractivity contribution is -0.136. The summed E-state index contributed by atoms with van der Waals surface area (Å²) in [6.45, 7) is 4.36. The SMILES string of the molecule is Cc1ccc(NC(=O)C(=O)NCC2CCN(c3cccnc3)CC2)cc1. The molecule has 0 radical (unpaired) electrons. The summed E-state index contributed by atoms with van der Waals surface area (Å²) in [6, 6.07) is 11.4. The second kappa shape index (κ2) is 8.47. The largest absolute Gasteiger partial charge is 0.370 e. The third-order valence-corrected chi connectivity index (χ3v) is 4.69. The van der Waals surface area contributed by atoms with Crippen LogP contribution in [0.25, 0.3) is 0 Å². The molecule has 2 amide bonds. The number of aromatic nitrogens is 1. The Labute approximate surface area is 153 Å². The molecule has 2 N–H and O–H groups in total. The van der Waals surface area contributed by atoms with Crippen LogP contribution in [-0.4, -0.2) is 36.4 Å². The molecule has 1 saturated heterocycles. The first-order valence-corrected chi connectivity index (χ1v) is 8.92. The minimum absolute atomic E-state index is 0.388. The van der Waals surface area contributed by atoms with Crippen molar-refractivity contribution in [1.82, 2.24) is 10.3 Å². The summed E-state index contributed by atoms with van der Waals surface area (Å²) in [5.41, 5.74) is 2.86. The number of hydrogen-bond donors (Lipinski definition) is 2. The van der Waals surface area contributed by atoms with Gasteiger partial charge in [-0.2, -0.15) is 0 Å². The van der Waals surface area contributed by atoms with Crippen molar-refractivity contribution in [3.05, 3.63) is 54.4 Å². The van der Waals surface area contributed by atoms with Gasteiger partial charge in [0.2, 0.25) is 0 Å². The standard InChI is InChI=1S/C20H24N4O2/c1-15-4-6-17(7-5-15)23-20(26)19(25)22-13-16-8-11-24(12-9-16)18-3-2-10-21-14-18/h2-7,10,14,16H,8-9,11-13H2,1H3,(H,22,25)(H,23,26). The fourth-order valence-corrected chi connectivity index (χ4v) is 3.08. The van der Waals surface area contributed by atoms with E-state index in [2.05, 4.69) is 26.6 Å². The molecule has 0 aliphatic carbocycles. The number of hydrogen-bond acceptors (Lipinski definition) is 4. The number of carbonyl (C=O) groups excluding carboxylic acids is 2. The molecule has 0 atom stereocenters. The lowest BCUT2D eigenvalue weighted by Crippen LogP contribution is -2.41. The van der Waals surface area contributed by atoms with Gasteiger partial charge in [0.15, 0.2) is 0 Å². The molecule has 2 heterocycles. The summed E-state index contributed by atoms with van der Waals surface area (Å²) in [6.07, 6.45) is 5.61. The third-order valence-electron chi connectivity index (χ3n) is 4.69.